The smallest absolute Gasteiger partial charge is 0.456 e. The highest BCUT2D eigenvalue weighted by Crippen LogP contribution is 2.43. The Labute approximate surface area is 418 Å². The highest BCUT2D eigenvalue weighted by Gasteiger charge is 2.30. The maximum atomic E-state index is 13.4. The molecule has 0 aliphatic rings. The third-order valence-electron chi connectivity index (χ3n) is 11.3. The van der Waals surface area contributed by atoms with Gasteiger partial charge in [-0.15, -0.1) is 0 Å². The van der Waals surface area contributed by atoms with Gasteiger partial charge >= 0.3 is 13.8 Å². The number of quaternary nitrogens is 1. The molecule has 0 saturated heterocycles. The number of carbonyl (C=O) groups is 2. The summed E-state index contributed by atoms with van der Waals surface area (Å²) in [6.07, 6.45) is 62.7. The van der Waals surface area contributed by atoms with Gasteiger partial charge in [0, 0.05) is 12.8 Å². The van der Waals surface area contributed by atoms with Crippen molar-refractivity contribution in [1.82, 2.24) is 5.32 Å². The quantitative estimate of drug-likeness (QED) is 0.0205. The summed E-state index contributed by atoms with van der Waals surface area (Å²) in [5, 5.41) is 3.01. The number of esters is 1. The average Bonchev–Trinajstić information content (AvgIpc) is 3.29. The van der Waals surface area contributed by atoms with Gasteiger partial charge in [0.25, 0.3) is 0 Å². The normalized spacial score (nSPS) is 14.6. The number of nitrogens with one attached hydrogen (secondary N) is 1. The zero-order valence-electron chi connectivity index (χ0n) is 44.3. The highest BCUT2D eigenvalue weighted by atomic mass is 31.2. The van der Waals surface area contributed by atoms with Gasteiger partial charge in [0.15, 0.2) is 0 Å². The fourth-order valence-electron chi connectivity index (χ4n) is 7.06. The number of phosphoric ester groups is 1. The molecule has 0 aromatic carbocycles. The summed E-state index contributed by atoms with van der Waals surface area (Å²) in [4.78, 5) is 37.4. The van der Waals surface area contributed by atoms with E-state index in [0.29, 0.717) is 23.9 Å². The minimum atomic E-state index is -4.46. The van der Waals surface area contributed by atoms with Crippen molar-refractivity contribution in [2.75, 3.05) is 40.9 Å². The minimum Gasteiger partial charge on any atom is -0.456 e. The summed E-state index contributed by atoms with van der Waals surface area (Å²) < 4.78 is 30.5. The second kappa shape index (κ2) is 47.6. The number of nitrogens with zero attached hydrogens (tertiary/aromatic N) is 1. The maximum absolute atomic E-state index is 13.4. The Balaban J connectivity index is 5.51. The van der Waals surface area contributed by atoms with E-state index < -0.39 is 25.9 Å². The van der Waals surface area contributed by atoms with Crippen molar-refractivity contribution < 1.29 is 37.3 Å². The van der Waals surface area contributed by atoms with Crippen LogP contribution in [0.5, 0.6) is 0 Å². The molecule has 0 spiro atoms. The Kier molecular flexibility index (Phi) is 45.5. The standard InChI is InChI=1S/C58H101N2O7P/c1-7-10-13-16-19-22-25-27-29-30-31-33-36-39-42-45-48-51-58(62)67-56(49-46-43-40-37-34-24-21-18-15-12-9-3)55(54-66-68(63,64)65-53-52-60(4,5)6)59-57(61)50-47-44-41-38-35-32-28-26-23-20-17-14-11-8-2/h11,14,19-20,22-23,27-29,31-33,39,42,46,49,55-56H,7-10,12-13,15-18,21,24-26,30,34-38,40-41,43-45,47-48,50-54H2,1-6H3,(H-,59,61,63,64)/p+1/b14-11+,22-19-,23-20+,29-27-,32-28+,33-31-,42-39-,49-46+. The molecule has 2 N–H and O–H groups in total. The van der Waals surface area contributed by atoms with Crippen LogP contribution in [0.2, 0.25) is 0 Å². The van der Waals surface area contributed by atoms with Crippen LogP contribution in [0.25, 0.3) is 0 Å². The van der Waals surface area contributed by atoms with Crippen molar-refractivity contribution in [3.05, 3.63) is 97.2 Å². The lowest BCUT2D eigenvalue weighted by Crippen LogP contribution is -2.47. The first kappa shape index (κ1) is 64.9. The molecule has 0 saturated carbocycles. The van der Waals surface area contributed by atoms with Crippen molar-refractivity contribution in [2.24, 2.45) is 0 Å². The highest BCUT2D eigenvalue weighted by molar-refractivity contribution is 7.47. The summed E-state index contributed by atoms with van der Waals surface area (Å²) in [7, 11) is 1.44. The molecule has 0 bridgehead atoms. The minimum absolute atomic E-state index is 0.0224. The number of unbranched alkanes of at least 4 members (excludes halogenated alkanes) is 17. The number of likely N-dealkylation sites (N-methyl/N-ethyl adjacent to an activating group) is 1. The fraction of sp³-hybridized carbons (Fsp3) is 0.690. The SMILES string of the molecule is CC/C=C/C/C=C/C/C=C/CCCCCCC(=O)NC(COP(=O)(O)OCC[N+](C)(C)C)C(/C=C/CCCCCCCCCCC)OC(=O)CCC/C=C\C/C=C\C/C=C\C/C=C\CCCCC. The van der Waals surface area contributed by atoms with Gasteiger partial charge in [0.05, 0.1) is 33.8 Å². The molecule has 0 fully saturated rings. The third-order valence-corrected chi connectivity index (χ3v) is 12.2. The van der Waals surface area contributed by atoms with Crippen LogP contribution in [-0.4, -0.2) is 74.3 Å². The van der Waals surface area contributed by atoms with E-state index in [1.165, 1.54) is 70.6 Å². The van der Waals surface area contributed by atoms with Gasteiger partial charge in [0.2, 0.25) is 5.91 Å². The molecule has 0 radical (unpaired) electrons. The number of phosphoric acid groups is 1. The molecule has 0 aliphatic carbocycles. The first-order chi connectivity index (χ1) is 32.9. The van der Waals surface area contributed by atoms with Gasteiger partial charge in [-0.2, -0.15) is 0 Å². The lowest BCUT2D eigenvalue weighted by molar-refractivity contribution is -0.870. The van der Waals surface area contributed by atoms with Crippen molar-refractivity contribution in [2.45, 2.75) is 219 Å². The molecule has 68 heavy (non-hydrogen) atoms. The van der Waals surface area contributed by atoms with Gasteiger partial charge in [0.1, 0.15) is 19.3 Å². The molecule has 0 aromatic rings. The van der Waals surface area contributed by atoms with E-state index in [1.54, 1.807) is 0 Å². The van der Waals surface area contributed by atoms with Gasteiger partial charge in [-0.1, -0.05) is 189 Å². The molecule has 9 nitrogen and oxygen atoms in total. The second-order valence-electron chi connectivity index (χ2n) is 19.0. The lowest BCUT2D eigenvalue weighted by Gasteiger charge is -2.27. The van der Waals surface area contributed by atoms with Gasteiger partial charge in [-0.25, -0.2) is 4.57 Å². The largest absolute Gasteiger partial charge is 0.472 e. The van der Waals surface area contributed by atoms with E-state index in [2.05, 4.69) is 111 Å². The number of hydrogen-bond donors (Lipinski definition) is 2. The number of amides is 1. The van der Waals surface area contributed by atoms with Crippen LogP contribution < -0.4 is 5.32 Å². The molecule has 0 heterocycles. The van der Waals surface area contributed by atoms with Gasteiger partial charge < -0.3 is 19.4 Å². The molecule has 0 rings (SSSR count). The van der Waals surface area contributed by atoms with Crippen LogP contribution >= 0.6 is 7.82 Å². The van der Waals surface area contributed by atoms with Crippen molar-refractivity contribution in [1.29, 1.82) is 0 Å². The van der Waals surface area contributed by atoms with E-state index in [9.17, 15) is 19.0 Å². The first-order valence-corrected chi connectivity index (χ1v) is 28.6. The van der Waals surface area contributed by atoms with Crippen LogP contribution in [0.3, 0.4) is 0 Å². The molecule has 3 atom stereocenters. The Morgan fingerprint density at radius 3 is 1.47 bits per heavy atom. The fourth-order valence-corrected chi connectivity index (χ4v) is 7.80. The topological polar surface area (TPSA) is 111 Å². The van der Waals surface area contributed by atoms with Crippen molar-refractivity contribution >= 4 is 19.7 Å². The predicted octanol–water partition coefficient (Wildman–Crippen LogP) is 16.0. The Morgan fingerprint density at radius 2 is 0.956 bits per heavy atom. The van der Waals surface area contributed by atoms with Crippen LogP contribution in [-0.2, 0) is 27.9 Å². The molecule has 0 aliphatic heterocycles. The number of carbonyl (C=O) groups excluding carboxylic acids is 2. The van der Waals surface area contributed by atoms with Crippen LogP contribution in [0.1, 0.15) is 207 Å². The first-order valence-electron chi connectivity index (χ1n) is 27.1. The predicted molar refractivity (Wildman–Crippen MR) is 290 cm³/mol. The Morgan fingerprint density at radius 1 is 0.529 bits per heavy atom. The van der Waals surface area contributed by atoms with E-state index in [0.717, 1.165) is 89.9 Å². The third kappa shape index (κ3) is 48.0. The number of ether oxygens (including phenoxy) is 1. The van der Waals surface area contributed by atoms with Crippen molar-refractivity contribution in [3.8, 4) is 0 Å². The number of allylic oxidation sites excluding steroid dienone is 15. The zero-order chi connectivity index (χ0) is 50.1. The molecular weight excluding hydrogens is 868 g/mol. The van der Waals surface area contributed by atoms with E-state index in [4.69, 9.17) is 13.8 Å². The van der Waals surface area contributed by atoms with Crippen molar-refractivity contribution in [3.63, 3.8) is 0 Å². The lowest BCUT2D eigenvalue weighted by atomic mass is 10.1. The second-order valence-corrected chi connectivity index (χ2v) is 20.5. The average molecular weight is 970 g/mol. The number of rotatable bonds is 47. The summed E-state index contributed by atoms with van der Waals surface area (Å²) in [5.41, 5.74) is 0. The number of hydrogen-bond acceptors (Lipinski definition) is 6. The van der Waals surface area contributed by atoms with Gasteiger partial charge in [-0.05, 0) is 102 Å². The zero-order valence-corrected chi connectivity index (χ0v) is 45.2. The Bertz CT molecular complexity index is 1490. The monoisotopic (exact) mass is 970 g/mol. The maximum Gasteiger partial charge on any atom is 0.472 e. The van der Waals surface area contributed by atoms with E-state index in [1.807, 2.05) is 33.3 Å². The van der Waals surface area contributed by atoms with Gasteiger partial charge in [-0.3, -0.25) is 18.6 Å². The Hall–Kier alpha value is -3.07. The summed E-state index contributed by atoms with van der Waals surface area (Å²) in [5.74, 6) is -0.606. The molecule has 10 heteroatoms. The van der Waals surface area contributed by atoms with E-state index in [-0.39, 0.29) is 32.0 Å². The molecule has 0 aromatic heterocycles. The van der Waals surface area contributed by atoms with Crippen LogP contribution in [0, 0.1) is 0 Å². The summed E-state index contributed by atoms with van der Waals surface area (Å²) in [6, 6.07) is -0.885. The molecule has 3 unspecified atom stereocenters. The summed E-state index contributed by atoms with van der Waals surface area (Å²) in [6.45, 7) is 6.78. The molecule has 390 valence electrons. The van der Waals surface area contributed by atoms with Crippen LogP contribution in [0.4, 0.5) is 0 Å². The molecular formula is C58H102N2O7P+. The summed E-state index contributed by atoms with van der Waals surface area (Å²) >= 11 is 0. The van der Waals surface area contributed by atoms with E-state index >= 15 is 0 Å². The molecule has 1 amide bonds. The van der Waals surface area contributed by atoms with Crippen LogP contribution in [0.15, 0.2) is 97.2 Å².